The van der Waals surface area contributed by atoms with E-state index in [0.29, 0.717) is 26.2 Å². The number of rotatable bonds is 13. The molecule has 0 saturated carbocycles. The van der Waals surface area contributed by atoms with Gasteiger partial charge in [0.25, 0.3) is 0 Å². The van der Waals surface area contributed by atoms with Crippen LogP contribution in [0, 0.1) is 0 Å². The van der Waals surface area contributed by atoms with Crippen LogP contribution in [0.4, 0.5) is 0 Å². The first-order valence-corrected chi connectivity index (χ1v) is 8.90. The van der Waals surface area contributed by atoms with Crippen molar-refractivity contribution >= 4 is 0 Å². The fraction of sp³-hybridized carbons (Fsp3) is 1.00. The molecule has 6 heteroatoms. The molecule has 0 rings (SSSR count). The Morgan fingerprint density at radius 1 is 0.913 bits per heavy atom. The number of aliphatic hydroxyl groups excluding tert-OH is 2. The molecule has 140 valence electrons. The van der Waals surface area contributed by atoms with Crippen molar-refractivity contribution < 1.29 is 19.2 Å². The van der Waals surface area contributed by atoms with E-state index in [0.717, 1.165) is 41.4 Å². The van der Waals surface area contributed by atoms with Crippen LogP contribution in [0.3, 0.4) is 0 Å². The van der Waals surface area contributed by atoms with Gasteiger partial charge in [-0.05, 0) is 32.9 Å². The van der Waals surface area contributed by atoms with Crippen molar-refractivity contribution in [3.8, 4) is 0 Å². The highest BCUT2D eigenvalue weighted by atomic mass is 16.3. The zero-order valence-corrected chi connectivity index (χ0v) is 16.3. The van der Waals surface area contributed by atoms with Crippen LogP contribution < -0.4 is 5.73 Å². The topological polar surface area (TPSA) is 69.7 Å². The molecule has 0 aliphatic heterocycles. The second-order valence-electron chi connectivity index (χ2n) is 8.47. The highest BCUT2D eigenvalue weighted by molar-refractivity contribution is 4.69. The predicted molar refractivity (Wildman–Crippen MR) is 97.2 cm³/mol. The number of aliphatic hydroxyl groups is 2. The second-order valence-corrected chi connectivity index (χ2v) is 8.47. The van der Waals surface area contributed by atoms with Gasteiger partial charge in [0.05, 0.1) is 41.8 Å². The average molecular weight is 335 g/mol. The lowest BCUT2D eigenvalue weighted by Gasteiger charge is -2.34. The van der Waals surface area contributed by atoms with Crippen LogP contribution in [0.25, 0.3) is 0 Å². The van der Waals surface area contributed by atoms with Gasteiger partial charge in [0.2, 0.25) is 0 Å². The molecule has 0 radical (unpaired) electrons. The second kappa shape index (κ2) is 10.6. The maximum absolute atomic E-state index is 10.4. The Kier molecular flexibility index (Phi) is 10.5. The Morgan fingerprint density at radius 2 is 1.43 bits per heavy atom. The lowest BCUT2D eigenvalue weighted by atomic mass is 10.2. The van der Waals surface area contributed by atoms with Crippen molar-refractivity contribution in [2.75, 3.05) is 81.1 Å². The molecule has 0 spiro atoms. The monoisotopic (exact) mass is 334 g/mol. The predicted octanol–water partition coefficient (Wildman–Crippen LogP) is -0.448. The molecular formula is C17H42N4O2+2. The van der Waals surface area contributed by atoms with Gasteiger partial charge in [-0.1, -0.05) is 0 Å². The van der Waals surface area contributed by atoms with E-state index in [1.165, 1.54) is 0 Å². The molecule has 0 bridgehead atoms. The van der Waals surface area contributed by atoms with Crippen LogP contribution in [0.2, 0.25) is 0 Å². The van der Waals surface area contributed by atoms with Crippen molar-refractivity contribution in [3.63, 3.8) is 0 Å². The summed E-state index contributed by atoms with van der Waals surface area (Å²) in [5.74, 6) is 0. The van der Waals surface area contributed by atoms with Crippen LogP contribution >= 0.6 is 0 Å². The van der Waals surface area contributed by atoms with Gasteiger partial charge >= 0.3 is 0 Å². The molecule has 2 unspecified atom stereocenters. The highest BCUT2D eigenvalue weighted by Crippen LogP contribution is 2.05. The largest absolute Gasteiger partial charge is 0.386 e. The zero-order valence-electron chi connectivity index (χ0n) is 16.3. The van der Waals surface area contributed by atoms with E-state index in [4.69, 9.17) is 5.73 Å². The van der Waals surface area contributed by atoms with Crippen molar-refractivity contribution in [1.29, 1.82) is 0 Å². The Morgan fingerprint density at radius 3 is 1.87 bits per heavy atom. The van der Waals surface area contributed by atoms with Crippen LogP contribution in [-0.4, -0.2) is 117 Å². The number of nitrogens with zero attached hydrogens (tertiary/aromatic N) is 3. The zero-order chi connectivity index (χ0) is 18.1. The summed E-state index contributed by atoms with van der Waals surface area (Å²) in [7, 11) is 10.5. The van der Waals surface area contributed by atoms with Crippen LogP contribution in [-0.2, 0) is 0 Å². The summed E-state index contributed by atoms with van der Waals surface area (Å²) in [6, 6.07) is 0. The lowest BCUT2D eigenvalue weighted by molar-refractivity contribution is -0.891. The van der Waals surface area contributed by atoms with Crippen molar-refractivity contribution in [2.45, 2.75) is 32.0 Å². The number of unbranched alkanes of at least 4 members (excludes halogenated alkanes) is 1. The van der Waals surface area contributed by atoms with E-state index in [-0.39, 0.29) is 12.2 Å². The van der Waals surface area contributed by atoms with Crippen LogP contribution in [0.1, 0.15) is 19.8 Å². The number of likely N-dealkylation sites (N-methyl/N-ethyl adjacent to an activating group) is 2. The van der Waals surface area contributed by atoms with E-state index >= 15 is 0 Å². The van der Waals surface area contributed by atoms with Gasteiger partial charge in [-0.2, -0.15) is 0 Å². The van der Waals surface area contributed by atoms with E-state index in [1.807, 2.05) is 0 Å². The Balaban J connectivity index is 4.54. The van der Waals surface area contributed by atoms with Crippen molar-refractivity contribution in [2.24, 2.45) is 5.73 Å². The van der Waals surface area contributed by atoms with E-state index < -0.39 is 0 Å². The summed E-state index contributed by atoms with van der Waals surface area (Å²) in [6.45, 7) is 7.36. The SMILES string of the molecule is CC[N+](C)(C)CC(O)CN(CCCCN)CC(O)C[N+](C)(C)C. The fourth-order valence-corrected chi connectivity index (χ4v) is 2.78. The third kappa shape index (κ3) is 12.8. The third-order valence-electron chi connectivity index (χ3n) is 4.19. The van der Waals surface area contributed by atoms with Gasteiger partial charge in [-0.3, -0.25) is 4.90 Å². The number of nitrogens with two attached hydrogens (primary N) is 1. The first-order chi connectivity index (χ1) is 10.5. The quantitative estimate of drug-likeness (QED) is 0.315. The number of hydrogen-bond donors (Lipinski definition) is 3. The molecule has 0 aliphatic carbocycles. The molecular weight excluding hydrogens is 292 g/mol. The van der Waals surface area contributed by atoms with E-state index in [1.54, 1.807) is 0 Å². The van der Waals surface area contributed by atoms with Crippen molar-refractivity contribution in [1.82, 2.24) is 4.90 Å². The average Bonchev–Trinajstić information content (AvgIpc) is 2.35. The maximum Gasteiger partial charge on any atom is 0.115 e. The summed E-state index contributed by atoms with van der Waals surface area (Å²) < 4.78 is 1.54. The summed E-state index contributed by atoms with van der Waals surface area (Å²) in [6.07, 6.45) is 1.23. The van der Waals surface area contributed by atoms with Crippen LogP contribution in [0.15, 0.2) is 0 Å². The van der Waals surface area contributed by atoms with Gasteiger partial charge in [-0.15, -0.1) is 0 Å². The van der Waals surface area contributed by atoms with Crippen LogP contribution in [0.5, 0.6) is 0 Å². The first-order valence-electron chi connectivity index (χ1n) is 8.90. The Labute approximate surface area is 143 Å². The minimum Gasteiger partial charge on any atom is -0.386 e. The number of quaternary nitrogens is 2. The molecule has 0 aromatic heterocycles. The van der Waals surface area contributed by atoms with Gasteiger partial charge in [-0.25, -0.2) is 0 Å². The van der Waals surface area contributed by atoms with Gasteiger partial charge in [0.1, 0.15) is 25.3 Å². The Hall–Kier alpha value is -0.240. The third-order valence-corrected chi connectivity index (χ3v) is 4.19. The van der Waals surface area contributed by atoms with Gasteiger partial charge in [0, 0.05) is 13.1 Å². The molecule has 0 saturated heterocycles. The molecule has 6 nitrogen and oxygen atoms in total. The standard InChI is InChI=1S/C17H42N4O2/c1-7-21(5,6)15-17(23)13-19(11-9-8-10-18)12-16(22)14-20(2,3)4/h16-17,22-23H,7-15,18H2,1-6H3/q+2. The molecule has 0 heterocycles. The van der Waals surface area contributed by atoms with E-state index in [9.17, 15) is 10.2 Å². The number of hydrogen-bond acceptors (Lipinski definition) is 4. The van der Waals surface area contributed by atoms with Crippen molar-refractivity contribution in [3.05, 3.63) is 0 Å². The molecule has 0 fully saturated rings. The normalized spacial score (nSPS) is 15.9. The molecule has 23 heavy (non-hydrogen) atoms. The highest BCUT2D eigenvalue weighted by Gasteiger charge is 2.23. The lowest BCUT2D eigenvalue weighted by Crippen LogP contribution is -2.51. The van der Waals surface area contributed by atoms with E-state index in [2.05, 4.69) is 47.1 Å². The molecule has 4 N–H and O–H groups in total. The minimum atomic E-state index is -0.381. The molecule has 0 aromatic carbocycles. The first kappa shape index (κ1) is 22.8. The summed E-state index contributed by atoms with van der Waals surface area (Å²) in [4.78, 5) is 2.19. The summed E-state index contributed by atoms with van der Waals surface area (Å²) in [5.41, 5.74) is 5.58. The molecule has 2 atom stereocenters. The smallest absolute Gasteiger partial charge is 0.115 e. The van der Waals surface area contributed by atoms with Gasteiger partial charge in [0.15, 0.2) is 0 Å². The summed E-state index contributed by atoms with van der Waals surface area (Å²) >= 11 is 0. The molecule has 0 aromatic rings. The van der Waals surface area contributed by atoms with Gasteiger partial charge < -0.3 is 24.9 Å². The fourth-order valence-electron chi connectivity index (χ4n) is 2.78. The summed E-state index contributed by atoms with van der Waals surface area (Å²) in [5, 5.41) is 20.8. The molecule has 0 amide bonds. The maximum atomic E-state index is 10.4. The molecule has 0 aliphatic rings. The minimum absolute atomic E-state index is 0.376. The Bertz CT molecular complexity index is 305.